The summed E-state index contributed by atoms with van der Waals surface area (Å²) in [5.74, 6) is 0.211. The molecule has 13 heavy (non-hydrogen) atoms. The maximum Gasteiger partial charge on any atom is 0.236 e. The Balaban J connectivity index is 2.45. The Morgan fingerprint density at radius 3 is 2.77 bits per heavy atom. The highest BCUT2D eigenvalue weighted by Crippen LogP contribution is 2.07. The van der Waals surface area contributed by atoms with Crippen LogP contribution in [0.3, 0.4) is 0 Å². The minimum absolute atomic E-state index is 0.211. The molecule has 0 aliphatic carbocycles. The third kappa shape index (κ3) is 2.67. The maximum atomic E-state index is 11.6. The number of nitrogens with one attached hydrogen (secondary N) is 1. The van der Waals surface area contributed by atoms with Gasteiger partial charge in [0, 0.05) is 25.7 Å². The quantitative estimate of drug-likeness (QED) is 0.622. The maximum absolute atomic E-state index is 11.6. The summed E-state index contributed by atoms with van der Waals surface area (Å²) in [4.78, 5) is 15.8. The Morgan fingerprint density at radius 2 is 2.23 bits per heavy atom. The van der Waals surface area contributed by atoms with Crippen LogP contribution in [0.15, 0.2) is 0 Å². The minimum atomic E-state index is 0.211. The van der Waals surface area contributed by atoms with Crippen molar-refractivity contribution in [3.63, 3.8) is 0 Å². The molecule has 1 unspecified atom stereocenters. The zero-order chi connectivity index (χ0) is 9.84. The SMILES string of the molecule is CNCC(=O)N1CCN(C)CC1C. The smallest absolute Gasteiger partial charge is 0.236 e. The largest absolute Gasteiger partial charge is 0.336 e. The summed E-state index contributed by atoms with van der Waals surface area (Å²) in [6, 6.07) is 0.347. The number of carbonyl (C=O) groups is 1. The van der Waals surface area contributed by atoms with Gasteiger partial charge in [-0.2, -0.15) is 0 Å². The van der Waals surface area contributed by atoms with Gasteiger partial charge in [-0.05, 0) is 21.0 Å². The van der Waals surface area contributed by atoms with E-state index in [9.17, 15) is 4.79 Å². The van der Waals surface area contributed by atoms with E-state index in [4.69, 9.17) is 0 Å². The van der Waals surface area contributed by atoms with Gasteiger partial charge < -0.3 is 15.1 Å². The van der Waals surface area contributed by atoms with E-state index < -0.39 is 0 Å². The fourth-order valence-electron chi connectivity index (χ4n) is 1.76. The average Bonchev–Trinajstić information content (AvgIpc) is 2.04. The third-order valence-corrected chi connectivity index (χ3v) is 2.48. The van der Waals surface area contributed by atoms with E-state index in [-0.39, 0.29) is 5.91 Å². The van der Waals surface area contributed by atoms with Crippen molar-refractivity contribution in [1.29, 1.82) is 0 Å². The molecule has 1 aliphatic rings. The monoisotopic (exact) mass is 185 g/mol. The number of rotatable bonds is 2. The second kappa shape index (κ2) is 4.58. The summed E-state index contributed by atoms with van der Waals surface area (Å²) in [5, 5.41) is 2.89. The summed E-state index contributed by atoms with van der Waals surface area (Å²) < 4.78 is 0. The van der Waals surface area contributed by atoms with Gasteiger partial charge in [0.05, 0.1) is 6.54 Å². The van der Waals surface area contributed by atoms with Crippen LogP contribution in [0.5, 0.6) is 0 Å². The molecule has 1 rings (SSSR count). The van der Waals surface area contributed by atoms with E-state index in [2.05, 4.69) is 24.2 Å². The Morgan fingerprint density at radius 1 is 1.54 bits per heavy atom. The molecule has 0 saturated carbocycles. The van der Waals surface area contributed by atoms with E-state index >= 15 is 0 Å². The van der Waals surface area contributed by atoms with Crippen molar-refractivity contribution < 1.29 is 4.79 Å². The number of likely N-dealkylation sites (N-methyl/N-ethyl adjacent to an activating group) is 2. The van der Waals surface area contributed by atoms with E-state index in [0.29, 0.717) is 12.6 Å². The first-order valence-corrected chi connectivity index (χ1v) is 4.77. The van der Waals surface area contributed by atoms with Crippen LogP contribution < -0.4 is 5.32 Å². The molecule has 4 nitrogen and oxygen atoms in total. The highest BCUT2D eigenvalue weighted by atomic mass is 16.2. The van der Waals surface area contributed by atoms with E-state index in [0.717, 1.165) is 19.6 Å². The molecule has 0 aromatic carbocycles. The van der Waals surface area contributed by atoms with Crippen molar-refractivity contribution in [3.8, 4) is 0 Å². The highest BCUT2D eigenvalue weighted by Gasteiger charge is 2.24. The van der Waals surface area contributed by atoms with Gasteiger partial charge >= 0.3 is 0 Å². The van der Waals surface area contributed by atoms with Crippen LogP contribution >= 0.6 is 0 Å². The normalized spacial score (nSPS) is 24.8. The summed E-state index contributed by atoms with van der Waals surface area (Å²) in [6.45, 7) is 5.38. The molecule has 1 heterocycles. The average molecular weight is 185 g/mol. The zero-order valence-corrected chi connectivity index (χ0v) is 8.71. The van der Waals surface area contributed by atoms with Crippen molar-refractivity contribution in [2.45, 2.75) is 13.0 Å². The van der Waals surface area contributed by atoms with Crippen LogP contribution in [0.2, 0.25) is 0 Å². The van der Waals surface area contributed by atoms with Crippen LogP contribution in [0.4, 0.5) is 0 Å². The molecule has 4 heteroatoms. The van der Waals surface area contributed by atoms with Crippen LogP contribution in [0.25, 0.3) is 0 Å². The summed E-state index contributed by atoms with van der Waals surface area (Å²) in [5.41, 5.74) is 0. The first-order valence-electron chi connectivity index (χ1n) is 4.77. The van der Waals surface area contributed by atoms with Gasteiger partial charge in [0.1, 0.15) is 0 Å². The van der Waals surface area contributed by atoms with E-state index in [1.807, 2.05) is 4.90 Å². The molecule has 1 N–H and O–H groups in total. The van der Waals surface area contributed by atoms with Crippen molar-refractivity contribution >= 4 is 5.91 Å². The molecular weight excluding hydrogens is 166 g/mol. The fourth-order valence-corrected chi connectivity index (χ4v) is 1.76. The summed E-state index contributed by atoms with van der Waals surface area (Å²) in [7, 11) is 3.90. The Bertz CT molecular complexity index is 184. The molecule has 0 spiro atoms. The lowest BCUT2D eigenvalue weighted by molar-refractivity contribution is -0.134. The van der Waals surface area contributed by atoms with E-state index in [1.54, 1.807) is 7.05 Å². The molecular formula is C9H19N3O. The van der Waals surface area contributed by atoms with Gasteiger partial charge in [-0.1, -0.05) is 0 Å². The third-order valence-electron chi connectivity index (χ3n) is 2.48. The van der Waals surface area contributed by atoms with Gasteiger partial charge in [-0.25, -0.2) is 0 Å². The van der Waals surface area contributed by atoms with Crippen LogP contribution in [0, 0.1) is 0 Å². The lowest BCUT2D eigenvalue weighted by atomic mass is 10.2. The Hall–Kier alpha value is -0.610. The van der Waals surface area contributed by atoms with Crippen molar-refractivity contribution in [2.75, 3.05) is 40.3 Å². The Labute approximate surface area is 79.9 Å². The van der Waals surface area contributed by atoms with Crippen molar-refractivity contribution in [2.24, 2.45) is 0 Å². The van der Waals surface area contributed by atoms with Gasteiger partial charge in [-0.3, -0.25) is 4.79 Å². The van der Waals surface area contributed by atoms with Crippen LogP contribution in [-0.2, 0) is 4.79 Å². The fraction of sp³-hybridized carbons (Fsp3) is 0.889. The molecule has 1 saturated heterocycles. The molecule has 0 radical (unpaired) electrons. The zero-order valence-electron chi connectivity index (χ0n) is 8.71. The number of hydrogen-bond donors (Lipinski definition) is 1. The number of hydrogen-bond acceptors (Lipinski definition) is 3. The number of nitrogens with zero attached hydrogens (tertiary/aromatic N) is 2. The molecule has 1 fully saturated rings. The molecule has 1 atom stereocenters. The summed E-state index contributed by atoms with van der Waals surface area (Å²) in [6.07, 6.45) is 0. The lowest BCUT2D eigenvalue weighted by Gasteiger charge is -2.38. The molecule has 0 aromatic rings. The first kappa shape index (κ1) is 10.5. The summed E-state index contributed by atoms with van der Waals surface area (Å²) >= 11 is 0. The van der Waals surface area contributed by atoms with Crippen molar-refractivity contribution in [3.05, 3.63) is 0 Å². The number of carbonyl (C=O) groups excluding carboxylic acids is 1. The second-order valence-electron chi connectivity index (χ2n) is 3.73. The molecule has 76 valence electrons. The van der Waals surface area contributed by atoms with Gasteiger partial charge in [-0.15, -0.1) is 0 Å². The topological polar surface area (TPSA) is 35.6 Å². The van der Waals surface area contributed by atoms with Gasteiger partial charge in [0.25, 0.3) is 0 Å². The van der Waals surface area contributed by atoms with Gasteiger partial charge in [0.15, 0.2) is 0 Å². The molecule has 1 aliphatic heterocycles. The Kier molecular flexibility index (Phi) is 3.69. The predicted octanol–water partition coefficient (Wildman–Crippen LogP) is -0.632. The molecule has 0 aromatic heterocycles. The standard InChI is InChI=1S/C9H19N3O/c1-8-7-11(3)4-5-12(8)9(13)6-10-2/h8,10H,4-7H2,1-3H3. The van der Waals surface area contributed by atoms with Crippen LogP contribution in [-0.4, -0.2) is 62.0 Å². The molecule has 0 bridgehead atoms. The van der Waals surface area contributed by atoms with E-state index in [1.165, 1.54) is 0 Å². The highest BCUT2D eigenvalue weighted by molar-refractivity contribution is 5.78. The first-order chi connectivity index (χ1) is 6.15. The van der Waals surface area contributed by atoms with Crippen LogP contribution in [0.1, 0.15) is 6.92 Å². The number of piperazine rings is 1. The van der Waals surface area contributed by atoms with Gasteiger partial charge in [0.2, 0.25) is 5.91 Å². The van der Waals surface area contributed by atoms with Crippen molar-refractivity contribution in [1.82, 2.24) is 15.1 Å². The predicted molar refractivity (Wildman–Crippen MR) is 52.6 cm³/mol. The second-order valence-corrected chi connectivity index (χ2v) is 3.73. The molecule has 1 amide bonds. The minimum Gasteiger partial charge on any atom is -0.336 e. The number of amides is 1. The lowest BCUT2D eigenvalue weighted by Crippen LogP contribution is -2.54.